The number of aromatic nitrogens is 2. The van der Waals surface area contributed by atoms with Gasteiger partial charge in [-0.2, -0.15) is 0 Å². The van der Waals surface area contributed by atoms with Crippen molar-refractivity contribution in [2.75, 3.05) is 5.75 Å². The number of benzene rings is 1. The first kappa shape index (κ1) is 14.0. The Morgan fingerprint density at radius 1 is 1.53 bits per heavy atom. The standard InChI is InChI=1S/C13H17FN4S/c1-2-18-7-6-16-13(18)12(17-15)9-19-11-5-3-4-10(14)8-11/h3-8,12,17H,2,9,15H2,1H3. The molecule has 0 spiro atoms. The molecule has 2 aromatic rings. The van der Waals surface area contributed by atoms with E-state index in [1.807, 2.05) is 16.8 Å². The summed E-state index contributed by atoms with van der Waals surface area (Å²) in [5.74, 6) is 6.95. The number of aryl methyl sites for hydroxylation is 1. The minimum Gasteiger partial charge on any atom is -0.334 e. The second-order valence-electron chi connectivity index (χ2n) is 4.06. The van der Waals surface area contributed by atoms with Crippen LogP contribution in [0.4, 0.5) is 4.39 Å². The molecule has 102 valence electrons. The second kappa shape index (κ2) is 6.70. The van der Waals surface area contributed by atoms with Crippen LogP contribution in [0.5, 0.6) is 0 Å². The van der Waals surface area contributed by atoms with E-state index in [4.69, 9.17) is 5.84 Å². The molecular weight excluding hydrogens is 263 g/mol. The SMILES string of the molecule is CCn1ccnc1C(CSc1cccc(F)c1)NN. The largest absolute Gasteiger partial charge is 0.334 e. The van der Waals surface area contributed by atoms with Gasteiger partial charge in [0.15, 0.2) is 0 Å². The summed E-state index contributed by atoms with van der Waals surface area (Å²) >= 11 is 1.55. The Morgan fingerprint density at radius 2 is 2.37 bits per heavy atom. The summed E-state index contributed by atoms with van der Waals surface area (Å²) in [5.41, 5.74) is 2.77. The van der Waals surface area contributed by atoms with E-state index in [2.05, 4.69) is 17.3 Å². The number of nitrogens with one attached hydrogen (secondary N) is 1. The normalized spacial score (nSPS) is 12.6. The van der Waals surface area contributed by atoms with Crippen LogP contribution in [-0.4, -0.2) is 15.3 Å². The van der Waals surface area contributed by atoms with Gasteiger partial charge in [0.05, 0.1) is 6.04 Å². The minimum atomic E-state index is -0.225. The second-order valence-corrected chi connectivity index (χ2v) is 5.15. The molecule has 0 bridgehead atoms. The number of hydrogen-bond acceptors (Lipinski definition) is 4. The fraction of sp³-hybridized carbons (Fsp3) is 0.308. The Bertz CT molecular complexity index is 529. The average Bonchev–Trinajstić information content (AvgIpc) is 2.88. The molecule has 0 fully saturated rings. The van der Waals surface area contributed by atoms with E-state index < -0.39 is 0 Å². The zero-order valence-electron chi connectivity index (χ0n) is 10.7. The van der Waals surface area contributed by atoms with Crippen LogP contribution in [0.25, 0.3) is 0 Å². The van der Waals surface area contributed by atoms with Gasteiger partial charge in [0, 0.05) is 29.6 Å². The first-order valence-electron chi connectivity index (χ1n) is 6.10. The maximum absolute atomic E-state index is 13.1. The number of nitrogens with zero attached hydrogens (tertiary/aromatic N) is 2. The average molecular weight is 280 g/mol. The lowest BCUT2D eigenvalue weighted by atomic mass is 10.3. The van der Waals surface area contributed by atoms with E-state index in [9.17, 15) is 4.39 Å². The summed E-state index contributed by atoms with van der Waals surface area (Å²) in [6, 6.07) is 6.48. The molecule has 6 heteroatoms. The Labute approximate surface area is 116 Å². The van der Waals surface area contributed by atoms with Crippen LogP contribution in [0, 0.1) is 5.82 Å². The minimum absolute atomic E-state index is 0.0665. The van der Waals surface area contributed by atoms with E-state index >= 15 is 0 Å². The number of halogens is 1. The molecule has 1 aromatic heterocycles. The van der Waals surface area contributed by atoms with E-state index in [1.165, 1.54) is 12.1 Å². The smallest absolute Gasteiger partial charge is 0.128 e. The zero-order valence-corrected chi connectivity index (χ0v) is 11.5. The molecule has 0 saturated heterocycles. The topological polar surface area (TPSA) is 55.9 Å². The predicted octanol–water partition coefficient (Wildman–Crippen LogP) is 2.34. The molecule has 1 atom stereocenters. The van der Waals surface area contributed by atoms with Gasteiger partial charge >= 0.3 is 0 Å². The van der Waals surface area contributed by atoms with Gasteiger partial charge in [-0.3, -0.25) is 5.84 Å². The molecule has 0 radical (unpaired) electrons. The molecule has 1 aromatic carbocycles. The Kier molecular flexibility index (Phi) is 4.95. The van der Waals surface area contributed by atoms with E-state index in [0.29, 0.717) is 5.75 Å². The summed E-state index contributed by atoms with van der Waals surface area (Å²) in [5, 5.41) is 0. The van der Waals surface area contributed by atoms with Crippen LogP contribution >= 0.6 is 11.8 Å². The molecule has 0 amide bonds. The van der Waals surface area contributed by atoms with Crippen molar-refractivity contribution in [2.24, 2.45) is 5.84 Å². The van der Waals surface area contributed by atoms with Gasteiger partial charge in [0.1, 0.15) is 11.6 Å². The summed E-state index contributed by atoms with van der Waals surface area (Å²) in [6.07, 6.45) is 3.68. The van der Waals surface area contributed by atoms with Gasteiger partial charge in [-0.1, -0.05) is 6.07 Å². The highest BCUT2D eigenvalue weighted by atomic mass is 32.2. The van der Waals surface area contributed by atoms with Crippen LogP contribution in [0.2, 0.25) is 0 Å². The predicted molar refractivity (Wildman–Crippen MR) is 75.1 cm³/mol. The third-order valence-corrected chi connectivity index (χ3v) is 3.90. The van der Waals surface area contributed by atoms with Crippen LogP contribution in [-0.2, 0) is 6.54 Å². The molecule has 2 rings (SSSR count). The van der Waals surface area contributed by atoms with E-state index in [1.54, 1.807) is 24.0 Å². The molecule has 0 aliphatic carbocycles. The first-order chi connectivity index (χ1) is 9.24. The highest BCUT2D eigenvalue weighted by Crippen LogP contribution is 2.24. The number of imidazole rings is 1. The van der Waals surface area contributed by atoms with E-state index in [-0.39, 0.29) is 11.9 Å². The first-order valence-corrected chi connectivity index (χ1v) is 7.08. The summed E-state index contributed by atoms with van der Waals surface area (Å²) in [6.45, 7) is 2.90. The van der Waals surface area contributed by atoms with Gasteiger partial charge < -0.3 is 4.57 Å². The Hall–Kier alpha value is -1.37. The van der Waals surface area contributed by atoms with Crippen molar-refractivity contribution in [3.05, 3.63) is 48.3 Å². The van der Waals surface area contributed by atoms with Crippen molar-refractivity contribution in [1.29, 1.82) is 0 Å². The number of hydrazine groups is 1. The molecule has 19 heavy (non-hydrogen) atoms. The molecule has 0 aliphatic heterocycles. The number of thioether (sulfide) groups is 1. The fourth-order valence-corrected chi connectivity index (χ4v) is 2.81. The van der Waals surface area contributed by atoms with Crippen molar-refractivity contribution in [2.45, 2.75) is 24.4 Å². The van der Waals surface area contributed by atoms with Crippen LogP contribution in [0.15, 0.2) is 41.6 Å². The van der Waals surface area contributed by atoms with Crippen molar-refractivity contribution in [3.8, 4) is 0 Å². The van der Waals surface area contributed by atoms with E-state index in [0.717, 1.165) is 17.3 Å². The molecule has 4 nitrogen and oxygen atoms in total. The maximum Gasteiger partial charge on any atom is 0.128 e. The molecule has 1 heterocycles. The Morgan fingerprint density at radius 3 is 3.05 bits per heavy atom. The highest BCUT2D eigenvalue weighted by molar-refractivity contribution is 7.99. The van der Waals surface area contributed by atoms with Gasteiger partial charge in [-0.25, -0.2) is 14.8 Å². The summed E-state index contributed by atoms with van der Waals surface area (Å²) < 4.78 is 15.1. The third-order valence-electron chi connectivity index (χ3n) is 2.81. The molecular formula is C13H17FN4S. The molecule has 3 N–H and O–H groups in total. The van der Waals surface area contributed by atoms with Crippen LogP contribution in [0.1, 0.15) is 18.8 Å². The van der Waals surface area contributed by atoms with Crippen molar-refractivity contribution >= 4 is 11.8 Å². The van der Waals surface area contributed by atoms with Crippen molar-refractivity contribution < 1.29 is 4.39 Å². The van der Waals surface area contributed by atoms with Gasteiger partial charge in [0.2, 0.25) is 0 Å². The molecule has 0 aliphatic rings. The van der Waals surface area contributed by atoms with Gasteiger partial charge in [-0.05, 0) is 25.1 Å². The third kappa shape index (κ3) is 3.56. The lowest BCUT2D eigenvalue weighted by Crippen LogP contribution is -2.31. The molecule has 0 saturated carbocycles. The monoisotopic (exact) mass is 280 g/mol. The fourth-order valence-electron chi connectivity index (χ4n) is 1.83. The summed E-state index contributed by atoms with van der Waals surface area (Å²) in [4.78, 5) is 5.21. The van der Waals surface area contributed by atoms with Gasteiger partial charge in [-0.15, -0.1) is 11.8 Å². The highest BCUT2D eigenvalue weighted by Gasteiger charge is 2.15. The number of rotatable bonds is 6. The zero-order chi connectivity index (χ0) is 13.7. The molecule has 1 unspecified atom stereocenters. The lowest BCUT2D eigenvalue weighted by Gasteiger charge is -2.16. The summed E-state index contributed by atoms with van der Waals surface area (Å²) in [7, 11) is 0. The van der Waals surface area contributed by atoms with Crippen LogP contribution < -0.4 is 11.3 Å². The number of hydrogen-bond donors (Lipinski definition) is 2. The quantitative estimate of drug-likeness (QED) is 0.484. The van der Waals surface area contributed by atoms with Crippen molar-refractivity contribution in [3.63, 3.8) is 0 Å². The van der Waals surface area contributed by atoms with Crippen molar-refractivity contribution in [1.82, 2.24) is 15.0 Å². The van der Waals surface area contributed by atoms with Gasteiger partial charge in [0.25, 0.3) is 0 Å². The Balaban J connectivity index is 2.04. The lowest BCUT2D eigenvalue weighted by molar-refractivity contribution is 0.540. The van der Waals surface area contributed by atoms with Crippen LogP contribution in [0.3, 0.4) is 0 Å². The number of nitrogens with two attached hydrogens (primary N) is 1. The maximum atomic E-state index is 13.1.